The van der Waals surface area contributed by atoms with Gasteiger partial charge in [-0.3, -0.25) is 4.98 Å². The topological polar surface area (TPSA) is 50.7 Å². The van der Waals surface area contributed by atoms with Crippen LogP contribution in [0.2, 0.25) is 0 Å². The van der Waals surface area contributed by atoms with E-state index < -0.39 is 0 Å². The zero-order valence-electron chi connectivity index (χ0n) is 11.6. The summed E-state index contributed by atoms with van der Waals surface area (Å²) in [6.07, 6.45) is 2.85. The highest BCUT2D eigenvalue weighted by Crippen LogP contribution is 2.22. The standard InChI is InChI=1S/C15H18N4/c1-9-6-10(2)14(17-7-9)15-18-11(3)12-8-16-5-4-13(12)19-15/h6-7,16H,4-5,8H2,1-3H3. The molecular weight excluding hydrogens is 236 g/mol. The van der Waals surface area contributed by atoms with Crippen molar-refractivity contribution >= 4 is 0 Å². The van der Waals surface area contributed by atoms with Gasteiger partial charge in [-0.1, -0.05) is 6.07 Å². The fourth-order valence-corrected chi connectivity index (χ4v) is 2.57. The van der Waals surface area contributed by atoms with Gasteiger partial charge in [-0.05, 0) is 31.9 Å². The largest absolute Gasteiger partial charge is 0.312 e. The van der Waals surface area contributed by atoms with Gasteiger partial charge in [0.15, 0.2) is 5.82 Å². The third-order valence-electron chi connectivity index (χ3n) is 3.57. The molecule has 1 N–H and O–H groups in total. The molecule has 0 amide bonds. The Hall–Kier alpha value is -1.81. The zero-order valence-corrected chi connectivity index (χ0v) is 11.6. The van der Waals surface area contributed by atoms with E-state index >= 15 is 0 Å². The van der Waals surface area contributed by atoms with Gasteiger partial charge in [0, 0.05) is 37.0 Å². The van der Waals surface area contributed by atoms with Crippen LogP contribution in [0.5, 0.6) is 0 Å². The first-order valence-corrected chi connectivity index (χ1v) is 6.66. The average molecular weight is 254 g/mol. The molecule has 3 rings (SSSR count). The van der Waals surface area contributed by atoms with E-state index in [2.05, 4.69) is 42.1 Å². The number of fused-ring (bicyclic) bond motifs is 1. The van der Waals surface area contributed by atoms with E-state index in [1.54, 1.807) is 0 Å². The SMILES string of the molecule is Cc1cnc(-c2nc(C)c3c(n2)CCNC3)c(C)c1. The summed E-state index contributed by atoms with van der Waals surface area (Å²) in [4.78, 5) is 13.9. The lowest BCUT2D eigenvalue weighted by atomic mass is 10.1. The van der Waals surface area contributed by atoms with E-state index in [4.69, 9.17) is 4.98 Å². The second-order valence-electron chi connectivity index (χ2n) is 5.16. The van der Waals surface area contributed by atoms with E-state index in [1.165, 1.54) is 16.8 Å². The zero-order chi connectivity index (χ0) is 13.4. The first kappa shape index (κ1) is 12.2. The second kappa shape index (κ2) is 4.70. The molecule has 19 heavy (non-hydrogen) atoms. The Bertz CT molecular complexity index is 634. The highest BCUT2D eigenvalue weighted by atomic mass is 15.0. The number of hydrogen-bond donors (Lipinski definition) is 1. The van der Waals surface area contributed by atoms with Crippen molar-refractivity contribution in [1.82, 2.24) is 20.3 Å². The molecule has 0 radical (unpaired) electrons. The Balaban J connectivity index is 2.13. The predicted molar refractivity (Wildman–Crippen MR) is 74.9 cm³/mol. The molecule has 0 bridgehead atoms. The first-order valence-electron chi connectivity index (χ1n) is 6.66. The molecule has 0 aromatic carbocycles. The van der Waals surface area contributed by atoms with Crippen LogP contribution in [0.15, 0.2) is 12.3 Å². The van der Waals surface area contributed by atoms with E-state index in [-0.39, 0.29) is 0 Å². The van der Waals surface area contributed by atoms with Gasteiger partial charge in [-0.15, -0.1) is 0 Å². The summed E-state index contributed by atoms with van der Waals surface area (Å²) in [5.41, 5.74) is 6.68. The Morgan fingerprint density at radius 2 is 2.00 bits per heavy atom. The summed E-state index contributed by atoms with van der Waals surface area (Å²) in [6.45, 7) is 8.04. The number of aromatic nitrogens is 3. The van der Waals surface area contributed by atoms with Crippen LogP contribution in [-0.2, 0) is 13.0 Å². The van der Waals surface area contributed by atoms with E-state index in [1.807, 2.05) is 6.20 Å². The van der Waals surface area contributed by atoms with Crippen LogP contribution >= 0.6 is 0 Å². The second-order valence-corrected chi connectivity index (χ2v) is 5.16. The maximum absolute atomic E-state index is 4.72. The number of pyridine rings is 1. The van der Waals surface area contributed by atoms with E-state index in [0.29, 0.717) is 0 Å². The van der Waals surface area contributed by atoms with Gasteiger partial charge in [0.2, 0.25) is 0 Å². The summed E-state index contributed by atoms with van der Waals surface area (Å²) < 4.78 is 0. The number of rotatable bonds is 1. The smallest absolute Gasteiger partial charge is 0.178 e. The molecule has 0 saturated carbocycles. The molecule has 0 aliphatic carbocycles. The molecular formula is C15H18N4. The van der Waals surface area contributed by atoms with Gasteiger partial charge in [-0.2, -0.15) is 0 Å². The molecule has 3 heterocycles. The van der Waals surface area contributed by atoms with E-state index in [0.717, 1.165) is 42.3 Å². The third-order valence-corrected chi connectivity index (χ3v) is 3.57. The summed E-state index contributed by atoms with van der Waals surface area (Å²) in [6, 6.07) is 2.13. The normalized spacial score (nSPS) is 14.3. The van der Waals surface area contributed by atoms with Crippen LogP contribution < -0.4 is 5.32 Å². The average Bonchev–Trinajstić information content (AvgIpc) is 2.38. The van der Waals surface area contributed by atoms with Gasteiger partial charge in [0.05, 0.1) is 5.69 Å². The van der Waals surface area contributed by atoms with Crippen LogP contribution in [0.3, 0.4) is 0 Å². The minimum atomic E-state index is 0.760. The lowest BCUT2D eigenvalue weighted by molar-refractivity contribution is 0.621. The summed E-state index contributed by atoms with van der Waals surface area (Å²) in [5.74, 6) is 0.760. The van der Waals surface area contributed by atoms with Gasteiger partial charge >= 0.3 is 0 Å². The quantitative estimate of drug-likeness (QED) is 0.847. The monoisotopic (exact) mass is 254 g/mol. The molecule has 4 nitrogen and oxygen atoms in total. The maximum atomic E-state index is 4.72. The first-order chi connectivity index (χ1) is 9.15. The fourth-order valence-electron chi connectivity index (χ4n) is 2.57. The highest BCUT2D eigenvalue weighted by Gasteiger charge is 2.17. The third kappa shape index (κ3) is 2.24. The molecule has 0 spiro atoms. The number of hydrogen-bond acceptors (Lipinski definition) is 4. The lowest BCUT2D eigenvalue weighted by Gasteiger charge is -2.18. The molecule has 98 valence electrons. The van der Waals surface area contributed by atoms with Crippen molar-refractivity contribution in [3.63, 3.8) is 0 Å². The lowest BCUT2D eigenvalue weighted by Crippen LogP contribution is -2.26. The van der Waals surface area contributed by atoms with Crippen molar-refractivity contribution in [2.45, 2.75) is 33.7 Å². The number of nitrogens with zero attached hydrogens (tertiary/aromatic N) is 3. The van der Waals surface area contributed by atoms with E-state index in [9.17, 15) is 0 Å². The minimum absolute atomic E-state index is 0.760. The Morgan fingerprint density at radius 3 is 2.79 bits per heavy atom. The minimum Gasteiger partial charge on any atom is -0.312 e. The molecule has 1 aliphatic heterocycles. The Morgan fingerprint density at radius 1 is 1.16 bits per heavy atom. The molecule has 4 heteroatoms. The van der Waals surface area contributed by atoms with Crippen molar-refractivity contribution in [3.05, 3.63) is 40.3 Å². The van der Waals surface area contributed by atoms with Gasteiger partial charge in [0.25, 0.3) is 0 Å². The summed E-state index contributed by atoms with van der Waals surface area (Å²) >= 11 is 0. The highest BCUT2D eigenvalue weighted by molar-refractivity contribution is 5.56. The van der Waals surface area contributed by atoms with Crippen LogP contribution in [0, 0.1) is 20.8 Å². The van der Waals surface area contributed by atoms with Crippen molar-refractivity contribution < 1.29 is 0 Å². The molecule has 0 fully saturated rings. The molecule has 0 atom stereocenters. The van der Waals surface area contributed by atoms with Gasteiger partial charge < -0.3 is 5.32 Å². The fraction of sp³-hybridized carbons (Fsp3) is 0.400. The Kier molecular flexibility index (Phi) is 3.03. The number of aryl methyl sites for hydroxylation is 3. The number of nitrogens with one attached hydrogen (secondary N) is 1. The van der Waals surface area contributed by atoms with Crippen molar-refractivity contribution in [2.75, 3.05) is 6.54 Å². The van der Waals surface area contributed by atoms with Crippen molar-refractivity contribution in [3.8, 4) is 11.5 Å². The Labute approximate surface area is 113 Å². The van der Waals surface area contributed by atoms with Crippen LogP contribution in [0.1, 0.15) is 28.1 Å². The van der Waals surface area contributed by atoms with Crippen molar-refractivity contribution in [1.29, 1.82) is 0 Å². The molecule has 0 saturated heterocycles. The molecule has 1 aliphatic rings. The van der Waals surface area contributed by atoms with Gasteiger partial charge in [-0.25, -0.2) is 9.97 Å². The van der Waals surface area contributed by atoms with Crippen LogP contribution in [0.4, 0.5) is 0 Å². The summed E-state index contributed by atoms with van der Waals surface area (Å²) in [5, 5.41) is 3.36. The molecule has 0 unspecified atom stereocenters. The summed E-state index contributed by atoms with van der Waals surface area (Å²) in [7, 11) is 0. The van der Waals surface area contributed by atoms with Crippen LogP contribution in [0.25, 0.3) is 11.5 Å². The predicted octanol–water partition coefficient (Wildman–Crippen LogP) is 2.11. The molecule has 2 aromatic heterocycles. The van der Waals surface area contributed by atoms with Gasteiger partial charge in [0.1, 0.15) is 5.69 Å². The van der Waals surface area contributed by atoms with Crippen LogP contribution in [-0.4, -0.2) is 21.5 Å². The maximum Gasteiger partial charge on any atom is 0.178 e. The van der Waals surface area contributed by atoms with Crippen molar-refractivity contribution in [2.24, 2.45) is 0 Å². The molecule has 2 aromatic rings.